The number of rotatable bonds is 0. The van der Waals surface area contributed by atoms with E-state index in [1.165, 1.54) is 6.42 Å². The molecule has 8 N–H and O–H groups in total. The fourth-order valence-electron chi connectivity index (χ4n) is 1.02. The maximum absolute atomic E-state index is 5.55. The molecule has 0 spiro atoms. The molecule has 4 nitrogen and oxygen atoms in total. The van der Waals surface area contributed by atoms with Gasteiger partial charge in [0.2, 0.25) is 0 Å². The Bertz CT molecular complexity index is 62.0. The molecule has 0 bridgehead atoms. The zero-order valence-electron chi connectivity index (χ0n) is 5.43. The van der Waals surface area contributed by atoms with Crippen molar-refractivity contribution in [1.82, 2.24) is 0 Å². The van der Waals surface area contributed by atoms with Crippen LogP contribution in [0.5, 0.6) is 0 Å². The van der Waals surface area contributed by atoms with Gasteiger partial charge in [-0.15, -0.1) is 0 Å². The zero-order chi connectivity index (χ0) is 5.28. The Morgan fingerprint density at radius 2 is 1.22 bits per heavy atom. The summed E-state index contributed by atoms with van der Waals surface area (Å²) in [6.07, 6.45) is 3.48. The lowest BCUT2D eigenvalue weighted by Gasteiger charge is -2.05. The lowest BCUT2D eigenvalue weighted by Crippen LogP contribution is -2.35. The first-order chi connectivity index (χ1) is 3.30. The summed E-state index contributed by atoms with van der Waals surface area (Å²) in [5.41, 5.74) is 11.1. The van der Waals surface area contributed by atoms with Gasteiger partial charge in [0.15, 0.2) is 0 Å². The molecule has 9 heavy (non-hydrogen) atoms. The largest absolute Gasteiger partial charge is 0.412 e. The topological polar surface area (TPSA) is 115 Å². The highest BCUT2D eigenvalue weighted by atomic mass is 16.0. The summed E-state index contributed by atoms with van der Waals surface area (Å²) in [5.74, 6) is 0. The first-order valence-electron chi connectivity index (χ1n) is 2.82. The third-order valence-electron chi connectivity index (χ3n) is 1.62. The Morgan fingerprint density at radius 3 is 1.33 bits per heavy atom. The molecule has 2 atom stereocenters. The summed E-state index contributed by atoms with van der Waals surface area (Å²) in [7, 11) is 0. The van der Waals surface area contributed by atoms with Gasteiger partial charge in [-0.25, -0.2) is 0 Å². The maximum Gasteiger partial charge on any atom is 0.0192 e. The Hall–Kier alpha value is -0.160. The van der Waals surface area contributed by atoms with E-state index >= 15 is 0 Å². The fraction of sp³-hybridized carbons (Fsp3) is 1.00. The van der Waals surface area contributed by atoms with Crippen LogP contribution in [0.4, 0.5) is 0 Å². The third-order valence-corrected chi connectivity index (χ3v) is 1.62. The molecule has 1 saturated carbocycles. The van der Waals surface area contributed by atoms with E-state index in [-0.39, 0.29) is 11.0 Å². The average molecular weight is 136 g/mol. The van der Waals surface area contributed by atoms with Crippen LogP contribution in [0.1, 0.15) is 19.3 Å². The number of hydrogen-bond acceptors (Lipinski definition) is 2. The van der Waals surface area contributed by atoms with E-state index in [0.29, 0.717) is 12.1 Å². The van der Waals surface area contributed by atoms with Crippen LogP contribution in [0, 0.1) is 0 Å². The summed E-state index contributed by atoms with van der Waals surface area (Å²) < 4.78 is 0. The molecule has 1 aliphatic rings. The molecule has 0 aliphatic heterocycles. The van der Waals surface area contributed by atoms with Gasteiger partial charge in [0.1, 0.15) is 0 Å². The average Bonchev–Trinajstić information content (AvgIpc) is 1.91. The van der Waals surface area contributed by atoms with Crippen molar-refractivity contribution in [1.29, 1.82) is 0 Å². The normalized spacial score (nSPS) is 32.7. The Morgan fingerprint density at radius 1 is 0.889 bits per heavy atom. The van der Waals surface area contributed by atoms with E-state index in [1.54, 1.807) is 0 Å². The second-order valence-electron chi connectivity index (χ2n) is 2.26. The smallest absolute Gasteiger partial charge is 0.0192 e. The van der Waals surface area contributed by atoms with E-state index in [1.807, 2.05) is 0 Å². The monoisotopic (exact) mass is 136 g/mol. The van der Waals surface area contributed by atoms with E-state index in [9.17, 15) is 0 Å². The van der Waals surface area contributed by atoms with Crippen molar-refractivity contribution >= 4 is 0 Å². The van der Waals surface area contributed by atoms with Gasteiger partial charge in [-0.3, -0.25) is 0 Å². The maximum atomic E-state index is 5.55. The van der Waals surface area contributed by atoms with Gasteiger partial charge in [0, 0.05) is 12.1 Å². The molecule has 4 heteroatoms. The fourth-order valence-corrected chi connectivity index (χ4v) is 1.02. The molecule has 0 aromatic heterocycles. The van der Waals surface area contributed by atoms with Crippen molar-refractivity contribution < 1.29 is 11.0 Å². The highest BCUT2D eigenvalue weighted by Crippen LogP contribution is 2.13. The van der Waals surface area contributed by atoms with Gasteiger partial charge in [-0.2, -0.15) is 0 Å². The lowest BCUT2D eigenvalue weighted by molar-refractivity contribution is 0.603. The minimum Gasteiger partial charge on any atom is -0.412 e. The molecule has 0 heterocycles. The van der Waals surface area contributed by atoms with Crippen LogP contribution in [-0.4, -0.2) is 23.0 Å². The Kier molecular flexibility index (Phi) is 6.06. The summed E-state index contributed by atoms with van der Waals surface area (Å²) in [5, 5.41) is 0. The molecule has 0 aromatic rings. The standard InChI is InChI=1S/C5H12N2.2H2O/c6-4-2-1-3-5(4)7;;/h4-5H,1-3,6-7H2;2*1H2/t4-,5-;;/m1../s1. The highest BCUT2D eigenvalue weighted by Gasteiger charge is 2.18. The zero-order valence-corrected chi connectivity index (χ0v) is 5.43. The van der Waals surface area contributed by atoms with E-state index < -0.39 is 0 Å². The van der Waals surface area contributed by atoms with Crippen LogP contribution in [-0.2, 0) is 0 Å². The van der Waals surface area contributed by atoms with E-state index in [0.717, 1.165) is 12.8 Å². The van der Waals surface area contributed by atoms with Crippen LogP contribution < -0.4 is 11.5 Å². The Balaban J connectivity index is 0. The van der Waals surface area contributed by atoms with Crippen LogP contribution in [0.25, 0.3) is 0 Å². The summed E-state index contributed by atoms with van der Waals surface area (Å²) in [6, 6.07) is 0.583. The summed E-state index contributed by atoms with van der Waals surface area (Å²) >= 11 is 0. The van der Waals surface area contributed by atoms with E-state index in [4.69, 9.17) is 11.5 Å². The second-order valence-corrected chi connectivity index (χ2v) is 2.26. The van der Waals surface area contributed by atoms with Gasteiger partial charge in [0.25, 0.3) is 0 Å². The van der Waals surface area contributed by atoms with Crippen molar-refractivity contribution in [2.24, 2.45) is 11.5 Å². The lowest BCUT2D eigenvalue weighted by atomic mass is 10.2. The Labute approximate surface area is 54.8 Å². The number of hydrogen-bond donors (Lipinski definition) is 2. The molecule has 1 rings (SSSR count). The predicted octanol–water partition coefficient (Wildman–Crippen LogP) is -1.82. The molecular weight excluding hydrogens is 120 g/mol. The van der Waals surface area contributed by atoms with Gasteiger partial charge in [0.05, 0.1) is 0 Å². The van der Waals surface area contributed by atoms with Crippen LogP contribution in [0.15, 0.2) is 0 Å². The van der Waals surface area contributed by atoms with Crippen molar-refractivity contribution in [2.45, 2.75) is 31.3 Å². The minimum absolute atomic E-state index is 0. The molecule has 0 amide bonds. The molecule has 0 saturated heterocycles. The van der Waals surface area contributed by atoms with Gasteiger partial charge < -0.3 is 22.4 Å². The van der Waals surface area contributed by atoms with Crippen molar-refractivity contribution in [3.05, 3.63) is 0 Å². The first-order valence-corrected chi connectivity index (χ1v) is 2.82. The van der Waals surface area contributed by atoms with Crippen LogP contribution in [0.2, 0.25) is 0 Å². The van der Waals surface area contributed by atoms with Crippen molar-refractivity contribution in [2.75, 3.05) is 0 Å². The highest BCUT2D eigenvalue weighted by molar-refractivity contribution is 4.82. The van der Waals surface area contributed by atoms with Crippen LogP contribution >= 0.6 is 0 Å². The first kappa shape index (κ1) is 11.6. The quantitative estimate of drug-likeness (QED) is 0.408. The van der Waals surface area contributed by atoms with Crippen molar-refractivity contribution in [3.8, 4) is 0 Å². The second kappa shape index (κ2) is 4.69. The summed E-state index contributed by atoms with van der Waals surface area (Å²) in [6.45, 7) is 0. The SMILES string of the molecule is N[C@@H]1CCC[C@H]1N.O.O. The molecule has 0 aromatic carbocycles. The van der Waals surface area contributed by atoms with Gasteiger partial charge in [-0.05, 0) is 12.8 Å². The predicted molar refractivity (Wildman–Crippen MR) is 37.0 cm³/mol. The molecule has 0 radical (unpaired) electrons. The molecule has 58 valence electrons. The molecule has 1 fully saturated rings. The molecule has 0 unspecified atom stereocenters. The van der Waals surface area contributed by atoms with Gasteiger partial charge >= 0.3 is 0 Å². The third kappa shape index (κ3) is 2.76. The minimum atomic E-state index is 0. The summed E-state index contributed by atoms with van der Waals surface area (Å²) in [4.78, 5) is 0. The number of nitrogens with two attached hydrogens (primary N) is 2. The van der Waals surface area contributed by atoms with E-state index in [2.05, 4.69) is 0 Å². The molecular formula is C5H16N2O2. The molecule has 1 aliphatic carbocycles. The van der Waals surface area contributed by atoms with Crippen molar-refractivity contribution in [3.63, 3.8) is 0 Å². The van der Waals surface area contributed by atoms with Gasteiger partial charge in [-0.1, -0.05) is 6.42 Å². The van der Waals surface area contributed by atoms with Crippen LogP contribution in [0.3, 0.4) is 0 Å².